The van der Waals surface area contributed by atoms with Gasteiger partial charge in [0.1, 0.15) is 0 Å². The first-order valence-electron chi connectivity index (χ1n) is 7.22. The molecule has 0 atom stereocenters. The minimum atomic E-state index is -3.05. The molecule has 0 saturated heterocycles. The van der Waals surface area contributed by atoms with Crippen LogP contribution in [0.2, 0.25) is 0 Å². The van der Waals surface area contributed by atoms with Gasteiger partial charge < -0.3 is 10.1 Å². The van der Waals surface area contributed by atoms with E-state index in [4.69, 9.17) is 5.21 Å². The van der Waals surface area contributed by atoms with Crippen LogP contribution in [-0.2, 0) is 9.84 Å². The Hall–Kier alpha value is -1.56. The van der Waals surface area contributed by atoms with Crippen molar-refractivity contribution in [3.63, 3.8) is 0 Å². The lowest BCUT2D eigenvalue weighted by molar-refractivity contribution is 0.318. The Labute approximate surface area is 126 Å². The minimum Gasteiger partial charge on any atom is -0.411 e. The van der Waals surface area contributed by atoms with Gasteiger partial charge in [-0.25, -0.2) is 8.42 Å². The fourth-order valence-electron chi connectivity index (χ4n) is 2.50. The summed E-state index contributed by atoms with van der Waals surface area (Å²) in [6.45, 7) is 4.66. The Bertz CT molecular complexity index is 624. The van der Waals surface area contributed by atoms with Crippen LogP contribution in [0.3, 0.4) is 0 Å². The maximum absolute atomic E-state index is 12.0. The number of benzene rings is 1. The van der Waals surface area contributed by atoms with Gasteiger partial charge in [0.15, 0.2) is 9.84 Å². The maximum Gasteiger partial charge on any atom is 0.154 e. The molecule has 1 aromatic carbocycles. The SMILES string of the molecule is CC(C)S(=O)(=O)CCN1CCC/C(=N/O)c2ccccc21. The van der Waals surface area contributed by atoms with Crippen LogP contribution in [0.5, 0.6) is 0 Å². The standard InChI is InChI=1S/C15H22N2O3S/c1-12(2)21(19,20)11-10-17-9-5-7-14(16-18)13-6-3-4-8-15(13)17/h3-4,6,8,12,18H,5,7,9-11H2,1-2H3/b16-14-. The third kappa shape index (κ3) is 3.56. The maximum atomic E-state index is 12.0. The largest absolute Gasteiger partial charge is 0.411 e. The topological polar surface area (TPSA) is 70.0 Å². The summed E-state index contributed by atoms with van der Waals surface area (Å²) in [5.74, 6) is 0.143. The van der Waals surface area contributed by atoms with Crippen molar-refractivity contribution < 1.29 is 13.6 Å². The van der Waals surface area contributed by atoms with E-state index < -0.39 is 9.84 Å². The van der Waals surface area contributed by atoms with Crippen LogP contribution >= 0.6 is 0 Å². The summed E-state index contributed by atoms with van der Waals surface area (Å²) in [7, 11) is -3.05. The first-order chi connectivity index (χ1) is 9.95. The summed E-state index contributed by atoms with van der Waals surface area (Å²) in [6.07, 6.45) is 1.54. The average molecular weight is 310 g/mol. The molecular weight excluding hydrogens is 288 g/mol. The van der Waals surface area contributed by atoms with E-state index in [0.29, 0.717) is 18.7 Å². The van der Waals surface area contributed by atoms with Gasteiger partial charge in [-0.1, -0.05) is 23.4 Å². The molecule has 1 N–H and O–H groups in total. The monoisotopic (exact) mass is 310 g/mol. The van der Waals surface area contributed by atoms with Gasteiger partial charge in [-0.05, 0) is 32.8 Å². The number of fused-ring (bicyclic) bond motifs is 1. The van der Waals surface area contributed by atoms with E-state index in [1.165, 1.54) is 0 Å². The molecule has 1 aliphatic heterocycles. The first kappa shape index (κ1) is 15.8. The number of hydrogen-bond acceptors (Lipinski definition) is 5. The van der Waals surface area contributed by atoms with Gasteiger partial charge in [-0.15, -0.1) is 0 Å². The second-order valence-electron chi connectivity index (χ2n) is 5.57. The van der Waals surface area contributed by atoms with E-state index in [0.717, 1.165) is 24.2 Å². The first-order valence-corrected chi connectivity index (χ1v) is 8.94. The van der Waals surface area contributed by atoms with Crippen LogP contribution in [0.4, 0.5) is 5.69 Å². The summed E-state index contributed by atoms with van der Waals surface area (Å²) in [4.78, 5) is 2.08. The molecule has 2 rings (SSSR count). The van der Waals surface area contributed by atoms with Crippen molar-refractivity contribution in [2.45, 2.75) is 31.9 Å². The number of nitrogens with zero attached hydrogens (tertiary/aromatic N) is 2. The Morgan fingerprint density at radius 1 is 1.33 bits per heavy atom. The third-order valence-electron chi connectivity index (χ3n) is 3.88. The van der Waals surface area contributed by atoms with Gasteiger partial charge in [-0.2, -0.15) is 0 Å². The molecule has 0 radical (unpaired) electrons. The fraction of sp³-hybridized carbons (Fsp3) is 0.533. The van der Waals surface area contributed by atoms with Gasteiger partial charge in [0.05, 0.1) is 16.7 Å². The molecule has 0 aliphatic carbocycles. The highest BCUT2D eigenvalue weighted by atomic mass is 32.2. The summed E-state index contributed by atoms with van der Waals surface area (Å²) in [5.41, 5.74) is 2.50. The molecule has 5 nitrogen and oxygen atoms in total. The van der Waals surface area contributed by atoms with Gasteiger partial charge in [0.25, 0.3) is 0 Å². The normalized spacial score (nSPS) is 17.9. The van der Waals surface area contributed by atoms with E-state index in [1.807, 2.05) is 24.3 Å². The van der Waals surface area contributed by atoms with Gasteiger partial charge in [0.2, 0.25) is 0 Å². The highest BCUT2D eigenvalue weighted by Gasteiger charge is 2.22. The molecule has 0 amide bonds. The van der Waals surface area contributed by atoms with E-state index >= 15 is 0 Å². The summed E-state index contributed by atoms with van der Waals surface area (Å²) in [5, 5.41) is 12.2. The van der Waals surface area contributed by atoms with E-state index in [9.17, 15) is 8.42 Å². The van der Waals surface area contributed by atoms with E-state index in [1.54, 1.807) is 13.8 Å². The van der Waals surface area contributed by atoms with Crippen LogP contribution in [0.1, 0.15) is 32.3 Å². The lowest BCUT2D eigenvalue weighted by Crippen LogP contribution is -2.32. The van der Waals surface area contributed by atoms with E-state index in [-0.39, 0.29) is 11.0 Å². The van der Waals surface area contributed by atoms with Crippen molar-refractivity contribution >= 4 is 21.2 Å². The number of rotatable bonds is 4. The molecule has 0 aromatic heterocycles. The van der Waals surface area contributed by atoms with Crippen LogP contribution in [-0.4, -0.2) is 43.4 Å². The Balaban J connectivity index is 2.25. The van der Waals surface area contributed by atoms with Gasteiger partial charge in [0, 0.05) is 24.3 Å². The third-order valence-corrected chi connectivity index (χ3v) is 6.07. The van der Waals surface area contributed by atoms with Crippen LogP contribution in [0.25, 0.3) is 0 Å². The molecule has 6 heteroatoms. The number of hydrogen-bond donors (Lipinski definition) is 1. The number of sulfone groups is 1. The van der Waals surface area contributed by atoms with Gasteiger partial charge >= 0.3 is 0 Å². The molecule has 0 saturated carbocycles. The molecule has 0 bridgehead atoms. The fourth-order valence-corrected chi connectivity index (χ4v) is 3.44. The molecule has 21 heavy (non-hydrogen) atoms. The molecule has 0 fully saturated rings. The van der Waals surface area contributed by atoms with Crippen molar-refractivity contribution in [2.75, 3.05) is 23.7 Å². The van der Waals surface area contributed by atoms with Crippen molar-refractivity contribution in [1.82, 2.24) is 0 Å². The number of oxime groups is 1. The second kappa shape index (κ2) is 6.47. The molecule has 0 spiro atoms. The zero-order valence-corrected chi connectivity index (χ0v) is 13.3. The van der Waals surface area contributed by atoms with Gasteiger partial charge in [-0.3, -0.25) is 0 Å². The molecule has 116 valence electrons. The van der Waals surface area contributed by atoms with Crippen molar-refractivity contribution in [2.24, 2.45) is 5.16 Å². The van der Waals surface area contributed by atoms with Crippen molar-refractivity contribution in [1.29, 1.82) is 0 Å². The lowest BCUT2D eigenvalue weighted by Gasteiger charge is -2.25. The highest BCUT2D eigenvalue weighted by Crippen LogP contribution is 2.26. The van der Waals surface area contributed by atoms with Crippen LogP contribution in [0, 0.1) is 0 Å². The zero-order valence-electron chi connectivity index (χ0n) is 12.5. The summed E-state index contributed by atoms with van der Waals surface area (Å²) in [6, 6.07) is 7.69. The Morgan fingerprint density at radius 3 is 2.71 bits per heavy atom. The van der Waals surface area contributed by atoms with Crippen molar-refractivity contribution in [3.8, 4) is 0 Å². The molecule has 0 unspecified atom stereocenters. The average Bonchev–Trinajstić information content (AvgIpc) is 2.64. The Morgan fingerprint density at radius 2 is 2.05 bits per heavy atom. The van der Waals surface area contributed by atoms with Crippen LogP contribution in [0.15, 0.2) is 29.4 Å². The number of anilines is 1. The molecular formula is C15H22N2O3S. The van der Waals surface area contributed by atoms with Crippen LogP contribution < -0.4 is 4.90 Å². The molecule has 1 aliphatic rings. The molecule has 1 aromatic rings. The van der Waals surface area contributed by atoms with Crippen molar-refractivity contribution in [3.05, 3.63) is 29.8 Å². The minimum absolute atomic E-state index is 0.143. The van der Waals surface area contributed by atoms with E-state index in [2.05, 4.69) is 10.1 Å². The summed E-state index contributed by atoms with van der Waals surface area (Å²) < 4.78 is 24.0. The predicted octanol–water partition coefficient (Wildman–Crippen LogP) is 2.29. The lowest BCUT2D eigenvalue weighted by atomic mass is 10.1. The highest BCUT2D eigenvalue weighted by molar-refractivity contribution is 7.92. The smallest absolute Gasteiger partial charge is 0.154 e. The quantitative estimate of drug-likeness (QED) is 0.684. The second-order valence-corrected chi connectivity index (χ2v) is 8.25. The number of para-hydroxylation sites is 1. The zero-order chi connectivity index (χ0) is 15.5. The summed E-state index contributed by atoms with van der Waals surface area (Å²) >= 11 is 0. The molecule has 1 heterocycles. The Kier molecular flexibility index (Phi) is 4.88. The predicted molar refractivity (Wildman–Crippen MR) is 85.1 cm³/mol.